The van der Waals surface area contributed by atoms with Gasteiger partial charge in [0, 0.05) is 23.5 Å². The van der Waals surface area contributed by atoms with E-state index in [9.17, 15) is 4.79 Å². The maximum atomic E-state index is 11.4. The van der Waals surface area contributed by atoms with Crippen molar-refractivity contribution < 1.29 is 9.53 Å². The molecule has 3 nitrogen and oxygen atoms in total. The van der Waals surface area contributed by atoms with Crippen molar-refractivity contribution in [3.63, 3.8) is 0 Å². The van der Waals surface area contributed by atoms with Crippen LogP contribution in [0, 0.1) is 0 Å². The fourth-order valence-electron chi connectivity index (χ4n) is 1.28. The molecule has 6 heteroatoms. The Morgan fingerprint density at radius 2 is 2.17 bits per heavy atom. The van der Waals surface area contributed by atoms with Crippen LogP contribution in [0.4, 0.5) is 0 Å². The van der Waals surface area contributed by atoms with Crippen LogP contribution in [0.1, 0.15) is 22.8 Å². The highest BCUT2D eigenvalue weighted by atomic mass is 35.5. The van der Waals surface area contributed by atoms with Crippen molar-refractivity contribution in [2.24, 2.45) is 0 Å². The molecule has 1 heterocycles. The summed E-state index contributed by atoms with van der Waals surface area (Å²) in [4.78, 5) is 15.5. The number of ether oxygens (including phenoxy) is 1. The van der Waals surface area contributed by atoms with Gasteiger partial charge in [-0.3, -0.25) is 0 Å². The summed E-state index contributed by atoms with van der Waals surface area (Å²) in [5.41, 5.74) is 1.33. The van der Waals surface area contributed by atoms with Crippen LogP contribution >= 0.6 is 35.1 Å². The number of thioether (sulfide) groups is 2. The molecule has 0 aromatic carbocycles. The lowest BCUT2D eigenvalue weighted by molar-refractivity contribution is 0.0600. The molecule has 0 aliphatic carbocycles. The lowest BCUT2D eigenvalue weighted by atomic mass is 10.2. The number of pyridine rings is 1. The summed E-state index contributed by atoms with van der Waals surface area (Å²) in [6.45, 7) is 2.15. The summed E-state index contributed by atoms with van der Waals surface area (Å²) in [5.74, 6) is 3.77. The molecular weight excluding hydrogens is 290 g/mol. The molecule has 0 fully saturated rings. The Kier molecular flexibility index (Phi) is 7.54. The average molecular weight is 306 g/mol. The predicted octanol–water partition coefficient (Wildman–Crippen LogP) is 3.51. The second kappa shape index (κ2) is 8.67. The van der Waals surface area contributed by atoms with Gasteiger partial charge in [-0.1, -0.05) is 18.5 Å². The molecule has 0 bridgehead atoms. The van der Waals surface area contributed by atoms with Crippen LogP contribution in [0.2, 0.25) is 5.15 Å². The lowest BCUT2D eigenvalue weighted by Gasteiger charge is -2.05. The van der Waals surface area contributed by atoms with Crippen molar-refractivity contribution >= 4 is 41.1 Å². The monoisotopic (exact) mass is 305 g/mol. The largest absolute Gasteiger partial charge is 0.465 e. The van der Waals surface area contributed by atoms with E-state index >= 15 is 0 Å². The van der Waals surface area contributed by atoms with E-state index in [1.807, 2.05) is 23.5 Å². The van der Waals surface area contributed by atoms with Crippen molar-refractivity contribution in [2.45, 2.75) is 12.7 Å². The first-order chi connectivity index (χ1) is 8.69. The maximum absolute atomic E-state index is 11.4. The third-order valence-electron chi connectivity index (χ3n) is 2.15. The summed E-state index contributed by atoms with van der Waals surface area (Å²) >= 11 is 9.60. The van der Waals surface area contributed by atoms with E-state index < -0.39 is 5.97 Å². The van der Waals surface area contributed by atoms with Gasteiger partial charge in [0.1, 0.15) is 5.15 Å². The smallest absolute Gasteiger partial charge is 0.341 e. The highest BCUT2D eigenvalue weighted by Crippen LogP contribution is 2.19. The SMILES string of the molecule is CCSCCSCc1cnc(Cl)c(C(=O)OC)c1. The molecule has 0 saturated heterocycles. The van der Waals surface area contributed by atoms with E-state index in [-0.39, 0.29) is 5.15 Å². The van der Waals surface area contributed by atoms with Gasteiger partial charge in [0.25, 0.3) is 0 Å². The van der Waals surface area contributed by atoms with E-state index in [2.05, 4.69) is 16.6 Å². The molecule has 0 radical (unpaired) electrons. The highest BCUT2D eigenvalue weighted by molar-refractivity contribution is 8.02. The first-order valence-corrected chi connectivity index (χ1v) is 8.26. The summed E-state index contributed by atoms with van der Waals surface area (Å²) in [6.07, 6.45) is 1.70. The number of methoxy groups -OCH3 is 1. The fourth-order valence-corrected chi connectivity index (χ4v) is 3.23. The molecule has 1 aromatic rings. The molecule has 18 heavy (non-hydrogen) atoms. The number of carbonyl (C=O) groups is 1. The van der Waals surface area contributed by atoms with Gasteiger partial charge in [-0.25, -0.2) is 9.78 Å². The maximum Gasteiger partial charge on any atom is 0.341 e. The van der Waals surface area contributed by atoms with Gasteiger partial charge in [0.15, 0.2) is 0 Å². The second-order valence-corrected chi connectivity index (χ2v) is 6.28. The lowest BCUT2D eigenvalue weighted by Crippen LogP contribution is -2.04. The van der Waals surface area contributed by atoms with Crippen molar-refractivity contribution in [2.75, 3.05) is 24.4 Å². The summed E-state index contributed by atoms with van der Waals surface area (Å²) in [5, 5.41) is 0.192. The molecule has 0 aliphatic heterocycles. The van der Waals surface area contributed by atoms with E-state index in [1.165, 1.54) is 7.11 Å². The molecule has 0 saturated carbocycles. The predicted molar refractivity (Wildman–Crippen MR) is 79.7 cm³/mol. The Bertz CT molecular complexity index is 402. The number of halogens is 1. The fraction of sp³-hybridized carbons (Fsp3) is 0.500. The van der Waals surface area contributed by atoms with Crippen molar-refractivity contribution in [3.05, 3.63) is 28.5 Å². The summed E-state index contributed by atoms with van der Waals surface area (Å²) in [6, 6.07) is 1.75. The molecular formula is C12H16ClNO2S2. The van der Waals surface area contributed by atoms with Crippen molar-refractivity contribution in [1.29, 1.82) is 0 Å². The first kappa shape index (κ1) is 15.7. The number of aromatic nitrogens is 1. The number of hydrogen-bond acceptors (Lipinski definition) is 5. The molecule has 1 aromatic heterocycles. The topological polar surface area (TPSA) is 39.2 Å². The van der Waals surface area contributed by atoms with Crippen LogP contribution in [0.5, 0.6) is 0 Å². The van der Waals surface area contributed by atoms with Gasteiger partial charge in [0.05, 0.1) is 12.7 Å². The molecule has 100 valence electrons. The Hall–Kier alpha value is -0.390. The Balaban J connectivity index is 2.54. The third kappa shape index (κ3) is 5.08. The van der Waals surface area contributed by atoms with Crippen molar-refractivity contribution in [3.8, 4) is 0 Å². The van der Waals surface area contributed by atoms with Crippen LogP contribution < -0.4 is 0 Å². The Morgan fingerprint density at radius 1 is 1.44 bits per heavy atom. The number of nitrogens with zero attached hydrogens (tertiary/aromatic N) is 1. The molecule has 0 atom stereocenters. The Labute approximate surface area is 121 Å². The normalized spacial score (nSPS) is 10.4. The van der Waals surface area contributed by atoms with Crippen LogP contribution in [0.25, 0.3) is 0 Å². The van der Waals surface area contributed by atoms with Crippen LogP contribution in [0.15, 0.2) is 12.3 Å². The van der Waals surface area contributed by atoms with E-state index in [1.54, 1.807) is 12.3 Å². The molecule has 0 unspecified atom stereocenters. The third-order valence-corrected chi connectivity index (χ3v) is 4.64. The summed E-state index contributed by atoms with van der Waals surface area (Å²) < 4.78 is 4.66. The minimum atomic E-state index is -0.444. The van der Waals surface area contributed by atoms with Gasteiger partial charge >= 0.3 is 5.97 Å². The Morgan fingerprint density at radius 3 is 2.83 bits per heavy atom. The minimum absolute atomic E-state index is 0.192. The van der Waals surface area contributed by atoms with Gasteiger partial charge in [-0.15, -0.1) is 0 Å². The number of esters is 1. The number of rotatable bonds is 7. The first-order valence-electron chi connectivity index (χ1n) is 5.57. The average Bonchev–Trinajstić information content (AvgIpc) is 2.39. The molecule has 0 aliphatic rings. The number of carbonyl (C=O) groups excluding carboxylic acids is 1. The zero-order valence-corrected chi connectivity index (χ0v) is 12.8. The van der Waals surface area contributed by atoms with E-state index in [0.29, 0.717) is 5.56 Å². The standard InChI is InChI=1S/C12H16ClNO2S2/c1-3-17-4-5-18-8-9-6-10(12(15)16-2)11(13)14-7-9/h6-7H,3-5,8H2,1-2H3. The van der Waals surface area contributed by atoms with E-state index in [4.69, 9.17) is 11.6 Å². The second-order valence-electron chi connectivity index (χ2n) is 3.42. The van der Waals surface area contributed by atoms with Gasteiger partial charge in [-0.05, 0) is 17.4 Å². The quantitative estimate of drug-likeness (QED) is 0.438. The minimum Gasteiger partial charge on any atom is -0.465 e. The van der Waals surface area contributed by atoms with Gasteiger partial charge in [0.2, 0.25) is 0 Å². The zero-order chi connectivity index (χ0) is 13.4. The van der Waals surface area contributed by atoms with Crippen molar-refractivity contribution in [1.82, 2.24) is 4.98 Å². The molecule has 0 N–H and O–H groups in total. The summed E-state index contributed by atoms with van der Waals surface area (Å²) in [7, 11) is 1.34. The number of hydrogen-bond donors (Lipinski definition) is 0. The van der Waals surface area contributed by atoms with Gasteiger partial charge < -0.3 is 4.74 Å². The highest BCUT2D eigenvalue weighted by Gasteiger charge is 2.12. The zero-order valence-electron chi connectivity index (χ0n) is 10.4. The van der Waals surface area contributed by atoms with Crippen LogP contribution in [0.3, 0.4) is 0 Å². The van der Waals surface area contributed by atoms with E-state index in [0.717, 1.165) is 28.6 Å². The molecule has 0 spiro atoms. The molecule has 0 amide bonds. The molecule has 1 rings (SSSR count). The van der Waals surface area contributed by atoms with Gasteiger partial charge in [-0.2, -0.15) is 23.5 Å². The van der Waals surface area contributed by atoms with Crippen LogP contribution in [-0.4, -0.2) is 35.3 Å². The van der Waals surface area contributed by atoms with Crippen LogP contribution in [-0.2, 0) is 10.5 Å².